The number of rotatable bonds is 5. The maximum atomic E-state index is 13.2. The average molecular weight is 422 g/mol. The van der Waals surface area contributed by atoms with E-state index < -0.39 is 0 Å². The van der Waals surface area contributed by atoms with E-state index in [0.717, 1.165) is 24.2 Å². The van der Waals surface area contributed by atoms with Gasteiger partial charge in [0.2, 0.25) is 0 Å². The SMILES string of the molecule is COc1ncc2c(N3C[C@@H](C)N[C@@H](C)C3)ccc(C(=O)Nc3ccncc3OC)c2n1. The van der Waals surface area contributed by atoms with Crippen molar-refractivity contribution in [3.63, 3.8) is 0 Å². The molecule has 0 bridgehead atoms. The topological polar surface area (TPSA) is 102 Å². The first-order valence-electron chi connectivity index (χ1n) is 10.1. The molecule has 2 aromatic heterocycles. The molecule has 1 aliphatic heterocycles. The van der Waals surface area contributed by atoms with Crippen LogP contribution in [0.15, 0.2) is 36.8 Å². The number of nitrogens with one attached hydrogen (secondary N) is 2. The molecular formula is C22H26N6O3. The third-order valence-electron chi connectivity index (χ3n) is 5.28. The summed E-state index contributed by atoms with van der Waals surface area (Å²) in [5, 5.41) is 7.23. The number of carbonyl (C=O) groups is 1. The number of nitrogens with zero attached hydrogens (tertiary/aromatic N) is 4. The summed E-state index contributed by atoms with van der Waals surface area (Å²) >= 11 is 0. The Labute approximate surface area is 180 Å². The van der Waals surface area contributed by atoms with Crippen LogP contribution in [0.1, 0.15) is 24.2 Å². The summed E-state index contributed by atoms with van der Waals surface area (Å²) < 4.78 is 10.5. The molecule has 31 heavy (non-hydrogen) atoms. The number of methoxy groups -OCH3 is 2. The molecule has 1 amide bonds. The molecule has 0 unspecified atom stereocenters. The second-order valence-electron chi connectivity index (χ2n) is 7.66. The van der Waals surface area contributed by atoms with Crippen LogP contribution in [0.2, 0.25) is 0 Å². The first-order chi connectivity index (χ1) is 15.0. The second kappa shape index (κ2) is 8.73. The van der Waals surface area contributed by atoms with E-state index in [2.05, 4.69) is 44.3 Å². The molecule has 2 N–H and O–H groups in total. The van der Waals surface area contributed by atoms with E-state index in [0.29, 0.717) is 34.6 Å². The predicted octanol–water partition coefficient (Wildman–Crippen LogP) is 2.48. The number of benzene rings is 1. The van der Waals surface area contributed by atoms with Gasteiger partial charge in [-0.3, -0.25) is 9.78 Å². The number of anilines is 2. The normalized spacial score (nSPS) is 18.6. The largest absolute Gasteiger partial charge is 0.493 e. The van der Waals surface area contributed by atoms with Crippen molar-refractivity contribution >= 4 is 28.2 Å². The minimum absolute atomic E-state index is 0.210. The van der Waals surface area contributed by atoms with Gasteiger partial charge in [0.25, 0.3) is 5.91 Å². The smallest absolute Gasteiger partial charge is 0.316 e. The molecular weight excluding hydrogens is 396 g/mol. The molecule has 9 heteroatoms. The number of fused-ring (bicyclic) bond motifs is 1. The maximum Gasteiger partial charge on any atom is 0.316 e. The van der Waals surface area contributed by atoms with Crippen LogP contribution < -0.4 is 25.0 Å². The lowest BCUT2D eigenvalue weighted by Gasteiger charge is -2.38. The van der Waals surface area contributed by atoms with E-state index in [1.54, 1.807) is 30.7 Å². The van der Waals surface area contributed by atoms with Crippen molar-refractivity contribution in [3.8, 4) is 11.8 Å². The zero-order valence-electron chi connectivity index (χ0n) is 18.0. The number of ether oxygens (including phenoxy) is 2. The number of piperazine rings is 1. The lowest BCUT2D eigenvalue weighted by atomic mass is 10.0. The summed E-state index contributed by atoms with van der Waals surface area (Å²) in [6.07, 6.45) is 4.86. The zero-order valence-corrected chi connectivity index (χ0v) is 18.0. The Hall–Kier alpha value is -3.46. The lowest BCUT2D eigenvalue weighted by molar-refractivity contribution is 0.102. The minimum Gasteiger partial charge on any atom is -0.493 e. The summed E-state index contributed by atoms with van der Waals surface area (Å²) in [7, 11) is 3.04. The molecule has 3 heterocycles. The van der Waals surface area contributed by atoms with Gasteiger partial charge in [-0.25, -0.2) is 4.98 Å². The molecule has 0 radical (unpaired) electrons. The van der Waals surface area contributed by atoms with Crippen LogP contribution >= 0.6 is 0 Å². The summed E-state index contributed by atoms with van der Waals surface area (Å²) in [5.74, 6) is 0.177. The first kappa shape index (κ1) is 20.8. The van der Waals surface area contributed by atoms with Crippen molar-refractivity contribution < 1.29 is 14.3 Å². The predicted molar refractivity (Wildman–Crippen MR) is 119 cm³/mol. The average Bonchev–Trinajstić information content (AvgIpc) is 2.77. The molecule has 9 nitrogen and oxygen atoms in total. The summed E-state index contributed by atoms with van der Waals surface area (Å²) in [6.45, 7) is 6.03. The monoisotopic (exact) mass is 422 g/mol. The Balaban J connectivity index is 1.76. The molecule has 1 fully saturated rings. The summed E-state index contributed by atoms with van der Waals surface area (Å²) in [6, 6.07) is 6.35. The van der Waals surface area contributed by atoms with Crippen molar-refractivity contribution in [2.24, 2.45) is 0 Å². The minimum atomic E-state index is -0.302. The fourth-order valence-electron chi connectivity index (χ4n) is 4.01. The van der Waals surface area contributed by atoms with Gasteiger partial charge in [0.05, 0.1) is 37.2 Å². The lowest BCUT2D eigenvalue weighted by Crippen LogP contribution is -2.54. The molecule has 0 aliphatic carbocycles. The molecule has 1 aliphatic rings. The highest BCUT2D eigenvalue weighted by Crippen LogP contribution is 2.31. The Morgan fingerprint density at radius 1 is 1.13 bits per heavy atom. The van der Waals surface area contributed by atoms with E-state index >= 15 is 0 Å². The highest BCUT2D eigenvalue weighted by Gasteiger charge is 2.25. The van der Waals surface area contributed by atoms with Crippen molar-refractivity contribution in [2.45, 2.75) is 25.9 Å². The van der Waals surface area contributed by atoms with Crippen molar-refractivity contribution in [2.75, 3.05) is 37.5 Å². The molecule has 162 valence electrons. The number of aromatic nitrogens is 3. The van der Waals surface area contributed by atoms with Crippen molar-refractivity contribution in [3.05, 3.63) is 42.4 Å². The fraction of sp³-hybridized carbons (Fsp3) is 0.364. The molecule has 1 aromatic carbocycles. The Morgan fingerprint density at radius 3 is 2.61 bits per heavy atom. The highest BCUT2D eigenvalue weighted by atomic mass is 16.5. The van der Waals surface area contributed by atoms with E-state index in [4.69, 9.17) is 9.47 Å². The number of hydrogen-bond acceptors (Lipinski definition) is 8. The number of hydrogen-bond donors (Lipinski definition) is 2. The third kappa shape index (κ3) is 4.22. The van der Waals surface area contributed by atoms with Gasteiger partial charge < -0.3 is 25.0 Å². The van der Waals surface area contributed by atoms with Gasteiger partial charge in [-0.1, -0.05) is 0 Å². The zero-order chi connectivity index (χ0) is 22.0. The van der Waals surface area contributed by atoms with Crippen LogP contribution in [-0.2, 0) is 0 Å². The van der Waals surface area contributed by atoms with E-state index in [9.17, 15) is 4.79 Å². The van der Waals surface area contributed by atoms with Gasteiger partial charge in [-0.05, 0) is 32.0 Å². The van der Waals surface area contributed by atoms with Gasteiger partial charge in [0.15, 0.2) is 5.75 Å². The third-order valence-corrected chi connectivity index (χ3v) is 5.28. The Morgan fingerprint density at radius 2 is 1.90 bits per heavy atom. The van der Waals surface area contributed by atoms with Crippen molar-refractivity contribution in [1.29, 1.82) is 0 Å². The quantitative estimate of drug-likeness (QED) is 0.647. The van der Waals surface area contributed by atoms with E-state index in [-0.39, 0.29) is 11.9 Å². The Kier molecular flexibility index (Phi) is 5.85. The molecule has 2 atom stereocenters. The number of amides is 1. The molecule has 3 aromatic rings. The fourth-order valence-corrected chi connectivity index (χ4v) is 4.01. The van der Waals surface area contributed by atoms with Gasteiger partial charge in [-0.15, -0.1) is 0 Å². The van der Waals surface area contributed by atoms with Crippen LogP contribution in [0.3, 0.4) is 0 Å². The summed E-state index contributed by atoms with van der Waals surface area (Å²) in [4.78, 5) is 28.3. The van der Waals surface area contributed by atoms with Gasteiger partial charge >= 0.3 is 6.01 Å². The molecule has 0 saturated carbocycles. The molecule has 4 rings (SSSR count). The standard InChI is InChI=1S/C22H26N6O3/c1-13-11-28(12-14(2)25-13)18-6-5-15(20-16(18)9-24-22(27-20)31-4)21(29)26-17-7-8-23-10-19(17)30-3/h5-10,13-14,25H,11-12H2,1-4H3,(H,23,26,29)/t13-,14+. The van der Waals surface area contributed by atoms with Crippen LogP contribution in [0.25, 0.3) is 10.9 Å². The molecule has 1 saturated heterocycles. The van der Waals surface area contributed by atoms with Crippen LogP contribution in [-0.4, -0.2) is 60.3 Å². The van der Waals surface area contributed by atoms with Gasteiger partial charge in [-0.2, -0.15) is 4.98 Å². The van der Waals surface area contributed by atoms with Crippen LogP contribution in [0.4, 0.5) is 11.4 Å². The summed E-state index contributed by atoms with van der Waals surface area (Å²) in [5.41, 5.74) is 2.49. The van der Waals surface area contributed by atoms with Gasteiger partial charge in [0, 0.05) is 48.6 Å². The van der Waals surface area contributed by atoms with Crippen LogP contribution in [0, 0.1) is 0 Å². The van der Waals surface area contributed by atoms with Gasteiger partial charge in [0.1, 0.15) is 0 Å². The van der Waals surface area contributed by atoms with Crippen LogP contribution in [0.5, 0.6) is 11.8 Å². The number of pyridine rings is 1. The second-order valence-corrected chi connectivity index (χ2v) is 7.66. The first-order valence-corrected chi connectivity index (χ1v) is 10.1. The molecule has 0 spiro atoms. The number of carbonyl (C=O) groups excluding carboxylic acids is 1. The van der Waals surface area contributed by atoms with Crippen molar-refractivity contribution in [1.82, 2.24) is 20.3 Å². The Bertz CT molecular complexity index is 1100. The van der Waals surface area contributed by atoms with E-state index in [1.807, 2.05) is 6.07 Å². The van der Waals surface area contributed by atoms with E-state index in [1.165, 1.54) is 14.2 Å². The highest BCUT2D eigenvalue weighted by molar-refractivity contribution is 6.14. The maximum absolute atomic E-state index is 13.2.